The average Bonchev–Trinajstić information content (AvgIpc) is 3.23. The smallest absolute Gasteiger partial charge is 0.412 e. The number of amides is 2. The van der Waals surface area contributed by atoms with Crippen LogP contribution >= 0.6 is 0 Å². The molecule has 0 saturated heterocycles. The summed E-state index contributed by atoms with van der Waals surface area (Å²) in [7, 11) is 2.82. The maximum absolute atomic E-state index is 13.6. The summed E-state index contributed by atoms with van der Waals surface area (Å²) in [6.45, 7) is 1.62. The molecule has 4 rings (SSSR count). The Morgan fingerprint density at radius 1 is 1.12 bits per heavy atom. The number of anilines is 2. The van der Waals surface area contributed by atoms with Gasteiger partial charge in [-0.05, 0) is 42.8 Å². The van der Waals surface area contributed by atoms with Crippen LogP contribution in [0.25, 0.3) is 16.9 Å². The van der Waals surface area contributed by atoms with Gasteiger partial charge >= 0.3 is 6.09 Å². The van der Waals surface area contributed by atoms with Crippen LogP contribution in [0.5, 0.6) is 0 Å². The number of methoxy groups -OCH3 is 1. The molecule has 0 radical (unpaired) electrons. The summed E-state index contributed by atoms with van der Waals surface area (Å²) in [4.78, 5) is 42.5. The largest absolute Gasteiger partial charge is 0.453 e. The molecule has 0 atom stereocenters. The van der Waals surface area contributed by atoms with Crippen molar-refractivity contribution in [1.82, 2.24) is 24.5 Å². The Morgan fingerprint density at radius 3 is 2.62 bits per heavy atom. The monoisotopic (exact) mass is 435 g/mol. The highest BCUT2D eigenvalue weighted by molar-refractivity contribution is 6.03. The lowest BCUT2D eigenvalue weighted by Gasteiger charge is -2.17. The molecule has 32 heavy (non-hydrogen) atoms. The topological polar surface area (TPSA) is 115 Å². The van der Waals surface area contributed by atoms with E-state index in [4.69, 9.17) is 0 Å². The van der Waals surface area contributed by atoms with E-state index in [9.17, 15) is 14.0 Å². The molecule has 11 heteroatoms. The molecule has 1 aromatic carbocycles. The van der Waals surface area contributed by atoms with E-state index in [0.717, 1.165) is 0 Å². The van der Waals surface area contributed by atoms with Crippen LogP contribution in [0.15, 0.2) is 49.1 Å². The average molecular weight is 435 g/mol. The number of ether oxygens (including phenoxy) is 1. The minimum atomic E-state index is -0.630. The molecule has 162 valence electrons. The second-order valence-corrected chi connectivity index (χ2v) is 6.83. The zero-order valence-corrected chi connectivity index (χ0v) is 17.4. The predicted octanol–water partition coefficient (Wildman–Crippen LogP) is 3.11. The molecule has 0 saturated carbocycles. The van der Waals surface area contributed by atoms with Crippen LogP contribution in [-0.4, -0.2) is 50.7 Å². The third-order valence-corrected chi connectivity index (χ3v) is 4.76. The van der Waals surface area contributed by atoms with Crippen LogP contribution in [0.1, 0.15) is 16.2 Å². The van der Waals surface area contributed by atoms with E-state index >= 15 is 0 Å². The molecule has 1 N–H and O–H groups in total. The predicted molar refractivity (Wildman–Crippen MR) is 114 cm³/mol. The molecule has 0 aliphatic heterocycles. The molecule has 2 amide bonds. The van der Waals surface area contributed by atoms with Crippen LogP contribution in [-0.2, 0) is 4.74 Å². The van der Waals surface area contributed by atoms with E-state index in [1.54, 1.807) is 36.7 Å². The normalized spacial score (nSPS) is 10.8. The molecular weight excluding hydrogens is 417 g/mol. The van der Waals surface area contributed by atoms with E-state index in [2.05, 4.69) is 30.0 Å². The second kappa shape index (κ2) is 8.38. The molecule has 10 nitrogen and oxygen atoms in total. The zero-order chi connectivity index (χ0) is 22.8. The number of aromatic nitrogens is 5. The van der Waals surface area contributed by atoms with Crippen LogP contribution in [0.4, 0.5) is 20.7 Å². The summed E-state index contributed by atoms with van der Waals surface area (Å²) >= 11 is 0. The maximum atomic E-state index is 13.6. The minimum Gasteiger partial charge on any atom is -0.453 e. The Balaban J connectivity index is 1.64. The Morgan fingerprint density at radius 2 is 1.94 bits per heavy atom. The molecule has 3 aromatic heterocycles. The number of carbonyl (C=O) groups excluding carboxylic acids is 2. The molecule has 0 bridgehead atoms. The van der Waals surface area contributed by atoms with Gasteiger partial charge < -0.3 is 9.64 Å². The first-order valence-corrected chi connectivity index (χ1v) is 9.43. The fourth-order valence-electron chi connectivity index (χ4n) is 2.96. The summed E-state index contributed by atoms with van der Waals surface area (Å²) in [5, 5.41) is 2.46. The molecule has 0 fully saturated rings. The second-order valence-electron chi connectivity index (χ2n) is 6.83. The van der Waals surface area contributed by atoms with E-state index in [-0.39, 0.29) is 11.6 Å². The lowest BCUT2D eigenvalue weighted by Crippen LogP contribution is -2.28. The van der Waals surface area contributed by atoms with Crippen molar-refractivity contribution in [2.45, 2.75) is 6.92 Å². The van der Waals surface area contributed by atoms with Crippen molar-refractivity contribution in [3.63, 3.8) is 0 Å². The van der Waals surface area contributed by atoms with Crippen molar-refractivity contribution in [1.29, 1.82) is 0 Å². The van der Waals surface area contributed by atoms with Crippen LogP contribution in [0.2, 0.25) is 0 Å². The van der Waals surface area contributed by atoms with Gasteiger partial charge in [-0.25, -0.2) is 29.1 Å². The van der Waals surface area contributed by atoms with Crippen molar-refractivity contribution in [3.8, 4) is 5.69 Å². The number of benzene rings is 1. The first kappa shape index (κ1) is 20.8. The van der Waals surface area contributed by atoms with Gasteiger partial charge in [-0.15, -0.1) is 0 Å². The molecule has 0 aliphatic rings. The van der Waals surface area contributed by atoms with Gasteiger partial charge in [-0.2, -0.15) is 0 Å². The number of nitrogens with zero attached hydrogens (tertiary/aromatic N) is 6. The number of hydrogen-bond donors (Lipinski definition) is 1. The summed E-state index contributed by atoms with van der Waals surface area (Å²) in [5.74, 6) is -0.536. The summed E-state index contributed by atoms with van der Waals surface area (Å²) in [6, 6.07) is 7.69. The van der Waals surface area contributed by atoms with Crippen LogP contribution < -0.4 is 10.2 Å². The third kappa shape index (κ3) is 3.95. The van der Waals surface area contributed by atoms with Gasteiger partial charge in [0.15, 0.2) is 5.65 Å². The van der Waals surface area contributed by atoms with Crippen LogP contribution in [0.3, 0.4) is 0 Å². The number of fused-ring (bicyclic) bond motifs is 1. The number of hydrogen-bond acceptors (Lipinski definition) is 7. The Kier molecular flexibility index (Phi) is 5.46. The van der Waals surface area contributed by atoms with Gasteiger partial charge in [0.1, 0.15) is 23.5 Å². The number of carbonyl (C=O) groups is 2. The van der Waals surface area contributed by atoms with Crippen LogP contribution in [0, 0.1) is 12.7 Å². The number of halogens is 1. The number of aryl methyl sites for hydroxylation is 1. The molecule has 0 unspecified atom stereocenters. The van der Waals surface area contributed by atoms with Gasteiger partial charge in [0.2, 0.25) is 5.82 Å². The number of imidazole rings is 1. The third-order valence-electron chi connectivity index (χ3n) is 4.76. The SMILES string of the molecule is COC(=O)Nc1ccc(-n2cnc3cnc(C(=O)N(C)c4ccc(F)c(C)c4)nc32)cn1. The van der Waals surface area contributed by atoms with E-state index in [1.165, 1.54) is 42.9 Å². The van der Waals surface area contributed by atoms with Gasteiger partial charge in [0.25, 0.3) is 5.91 Å². The quantitative estimate of drug-likeness (QED) is 0.524. The van der Waals surface area contributed by atoms with Crippen molar-refractivity contribution in [3.05, 3.63) is 66.3 Å². The molecule has 0 aliphatic carbocycles. The van der Waals surface area contributed by atoms with E-state index in [0.29, 0.717) is 33.9 Å². The first-order valence-electron chi connectivity index (χ1n) is 9.43. The molecule has 4 aromatic rings. The molecule has 0 spiro atoms. The Bertz CT molecular complexity index is 1320. The van der Waals surface area contributed by atoms with Crippen molar-refractivity contribution >= 4 is 34.7 Å². The maximum Gasteiger partial charge on any atom is 0.412 e. The fraction of sp³-hybridized carbons (Fsp3) is 0.143. The standard InChI is InChI=1S/C21H18FN7O3/c1-12-8-13(4-6-15(12)22)28(2)20(30)18-24-10-16-19(27-18)29(11-25-16)14-5-7-17(23-9-14)26-21(31)32-3/h4-11H,1-3H3,(H,23,26,31). The van der Waals surface area contributed by atoms with Crippen molar-refractivity contribution < 1.29 is 18.7 Å². The number of pyridine rings is 1. The van der Waals surface area contributed by atoms with E-state index in [1.807, 2.05) is 0 Å². The lowest BCUT2D eigenvalue weighted by atomic mass is 10.2. The van der Waals surface area contributed by atoms with E-state index < -0.39 is 12.0 Å². The van der Waals surface area contributed by atoms with Gasteiger partial charge in [0.05, 0.1) is 25.2 Å². The number of nitrogens with one attached hydrogen (secondary N) is 1. The summed E-state index contributed by atoms with van der Waals surface area (Å²) in [5.41, 5.74) is 2.45. The first-order chi connectivity index (χ1) is 15.4. The van der Waals surface area contributed by atoms with Crippen molar-refractivity contribution in [2.24, 2.45) is 0 Å². The molecular formula is C21H18FN7O3. The highest BCUT2D eigenvalue weighted by Gasteiger charge is 2.19. The summed E-state index contributed by atoms with van der Waals surface area (Å²) in [6.07, 6.45) is 3.87. The summed E-state index contributed by atoms with van der Waals surface area (Å²) < 4.78 is 19.7. The highest BCUT2D eigenvalue weighted by Crippen LogP contribution is 2.20. The Hall–Kier alpha value is -4.41. The lowest BCUT2D eigenvalue weighted by molar-refractivity contribution is 0.0983. The van der Waals surface area contributed by atoms with Gasteiger partial charge in [-0.3, -0.25) is 14.7 Å². The Labute approximate surface area is 181 Å². The molecule has 3 heterocycles. The zero-order valence-electron chi connectivity index (χ0n) is 17.4. The fourth-order valence-corrected chi connectivity index (χ4v) is 2.96. The van der Waals surface area contributed by atoms with Gasteiger partial charge in [0, 0.05) is 12.7 Å². The van der Waals surface area contributed by atoms with Gasteiger partial charge in [-0.1, -0.05) is 0 Å². The number of rotatable bonds is 4. The minimum absolute atomic E-state index is 0.0411. The van der Waals surface area contributed by atoms with Crippen molar-refractivity contribution in [2.75, 3.05) is 24.4 Å². The highest BCUT2D eigenvalue weighted by atomic mass is 19.1.